The van der Waals surface area contributed by atoms with Crippen LogP contribution in [-0.4, -0.2) is 54.7 Å². The largest absolute Gasteiger partial charge is 0.353 e. The van der Waals surface area contributed by atoms with E-state index in [1.807, 2.05) is 12.1 Å². The third kappa shape index (κ3) is 4.60. The number of rotatable bonds is 5. The smallest absolute Gasteiger partial charge is 0.254 e. The van der Waals surface area contributed by atoms with Crippen molar-refractivity contribution in [3.8, 4) is 0 Å². The summed E-state index contributed by atoms with van der Waals surface area (Å²) in [6, 6.07) is 7.59. The zero-order valence-corrected chi connectivity index (χ0v) is 16.1. The first-order valence-electron chi connectivity index (χ1n) is 9.71. The summed E-state index contributed by atoms with van der Waals surface area (Å²) < 4.78 is 0. The van der Waals surface area contributed by atoms with Crippen LogP contribution >= 0.6 is 12.6 Å². The second-order valence-corrected chi connectivity index (χ2v) is 7.64. The molecule has 0 aromatic heterocycles. The Balaban J connectivity index is 1.68. The maximum atomic E-state index is 13.0. The quantitative estimate of drug-likeness (QED) is 0.692. The summed E-state index contributed by atoms with van der Waals surface area (Å²) in [4.78, 5) is 27.1. The molecule has 5 nitrogen and oxygen atoms in total. The normalized spacial score (nSPS) is 21.4. The molecular weight excluding hydrogens is 346 g/mol. The van der Waals surface area contributed by atoms with Crippen molar-refractivity contribution >= 4 is 24.4 Å². The highest BCUT2D eigenvalue weighted by atomic mass is 32.1. The van der Waals surface area contributed by atoms with Gasteiger partial charge in [0.05, 0.1) is 0 Å². The standard InChI is InChI=1S/C20H29N3O2S/c24-19(22-11-13-26)18-14-21-10-12-23(18)20(25)17-8-6-16(7-9-17)15-4-2-1-3-5-15/h6-9,15,18,21,26H,1-5,10-14H2,(H,22,24)/t18-/m1/s1. The molecule has 1 saturated heterocycles. The molecule has 1 aromatic rings. The van der Waals surface area contributed by atoms with Crippen molar-refractivity contribution in [1.82, 2.24) is 15.5 Å². The maximum Gasteiger partial charge on any atom is 0.254 e. The van der Waals surface area contributed by atoms with Crippen LogP contribution in [0.5, 0.6) is 0 Å². The second kappa shape index (κ2) is 9.42. The average molecular weight is 376 g/mol. The highest BCUT2D eigenvalue weighted by molar-refractivity contribution is 7.80. The van der Waals surface area contributed by atoms with E-state index in [2.05, 4.69) is 35.4 Å². The summed E-state index contributed by atoms with van der Waals surface area (Å²) in [5, 5.41) is 6.05. The number of hydrogen-bond donors (Lipinski definition) is 3. The lowest BCUT2D eigenvalue weighted by Crippen LogP contribution is -2.59. The van der Waals surface area contributed by atoms with E-state index in [9.17, 15) is 9.59 Å². The molecule has 26 heavy (non-hydrogen) atoms. The van der Waals surface area contributed by atoms with Crippen molar-refractivity contribution in [2.24, 2.45) is 0 Å². The molecule has 2 amide bonds. The van der Waals surface area contributed by atoms with Gasteiger partial charge in [-0.2, -0.15) is 12.6 Å². The van der Waals surface area contributed by atoms with Gasteiger partial charge in [-0.05, 0) is 36.5 Å². The molecule has 1 heterocycles. The van der Waals surface area contributed by atoms with Gasteiger partial charge in [0.2, 0.25) is 5.91 Å². The zero-order valence-electron chi connectivity index (χ0n) is 15.2. The molecule has 142 valence electrons. The van der Waals surface area contributed by atoms with Crippen molar-refractivity contribution in [3.63, 3.8) is 0 Å². The number of carbonyl (C=O) groups is 2. The highest BCUT2D eigenvalue weighted by Crippen LogP contribution is 2.32. The van der Waals surface area contributed by atoms with Gasteiger partial charge in [0.1, 0.15) is 6.04 Å². The Kier molecular flexibility index (Phi) is 6.97. The number of piperazine rings is 1. The predicted molar refractivity (Wildman–Crippen MR) is 107 cm³/mol. The van der Waals surface area contributed by atoms with Gasteiger partial charge in [0.25, 0.3) is 5.91 Å². The van der Waals surface area contributed by atoms with E-state index in [1.165, 1.54) is 37.7 Å². The Morgan fingerprint density at radius 1 is 1.15 bits per heavy atom. The van der Waals surface area contributed by atoms with E-state index in [0.717, 1.165) is 0 Å². The van der Waals surface area contributed by atoms with E-state index in [4.69, 9.17) is 0 Å². The molecule has 1 aromatic carbocycles. The number of nitrogens with zero attached hydrogens (tertiary/aromatic N) is 1. The monoisotopic (exact) mass is 375 g/mol. The Bertz CT molecular complexity index is 614. The molecule has 1 aliphatic carbocycles. The molecule has 3 rings (SSSR count). The van der Waals surface area contributed by atoms with Gasteiger partial charge in [-0.15, -0.1) is 0 Å². The van der Waals surface area contributed by atoms with Gasteiger partial charge in [-0.3, -0.25) is 9.59 Å². The van der Waals surface area contributed by atoms with Crippen LogP contribution in [0.4, 0.5) is 0 Å². The molecule has 1 atom stereocenters. The summed E-state index contributed by atoms with van der Waals surface area (Å²) in [6.07, 6.45) is 6.44. The molecule has 2 N–H and O–H groups in total. The van der Waals surface area contributed by atoms with Crippen molar-refractivity contribution in [2.45, 2.75) is 44.1 Å². The van der Waals surface area contributed by atoms with E-state index in [-0.39, 0.29) is 11.8 Å². The Labute approximate surface area is 161 Å². The Hall–Kier alpha value is -1.53. The lowest BCUT2D eigenvalue weighted by Gasteiger charge is -2.35. The topological polar surface area (TPSA) is 61.4 Å². The SMILES string of the molecule is O=C(NCCS)[C@H]1CNCCN1C(=O)c1ccc(C2CCCCC2)cc1. The number of amides is 2. The minimum Gasteiger partial charge on any atom is -0.353 e. The molecule has 1 aliphatic heterocycles. The molecule has 2 fully saturated rings. The summed E-state index contributed by atoms with van der Waals surface area (Å²) in [6.45, 7) is 2.26. The van der Waals surface area contributed by atoms with Crippen molar-refractivity contribution in [3.05, 3.63) is 35.4 Å². The van der Waals surface area contributed by atoms with Gasteiger partial charge in [-0.1, -0.05) is 31.4 Å². The van der Waals surface area contributed by atoms with Crippen LogP contribution in [0.3, 0.4) is 0 Å². The lowest BCUT2D eigenvalue weighted by atomic mass is 9.84. The number of thiol groups is 1. The zero-order chi connectivity index (χ0) is 18.4. The molecule has 0 bridgehead atoms. The second-order valence-electron chi connectivity index (χ2n) is 7.19. The van der Waals surface area contributed by atoms with Crippen LogP contribution < -0.4 is 10.6 Å². The van der Waals surface area contributed by atoms with Gasteiger partial charge in [0.15, 0.2) is 0 Å². The molecule has 0 spiro atoms. The summed E-state index contributed by atoms with van der Waals surface area (Å²) in [5.41, 5.74) is 2.00. The fourth-order valence-electron chi connectivity index (χ4n) is 3.98. The number of benzene rings is 1. The fourth-order valence-corrected chi connectivity index (χ4v) is 4.09. The van der Waals surface area contributed by atoms with Crippen LogP contribution in [-0.2, 0) is 4.79 Å². The summed E-state index contributed by atoms with van der Waals surface area (Å²) >= 11 is 4.12. The highest BCUT2D eigenvalue weighted by Gasteiger charge is 2.32. The van der Waals surface area contributed by atoms with E-state index >= 15 is 0 Å². The first kappa shape index (κ1) is 19.2. The predicted octanol–water partition coefficient (Wildman–Crippen LogP) is 2.19. The third-order valence-electron chi connectivity index (χ3n) is 5.45. The van der Waals surface area contributed by atoms with Crippen LogP contribution in [0, 0.1) is 0 Å². The average Bonchev–Trinajstić information content (AvgIpc) is 2.72. The van der Waals surface area contributed by atoms with Crippen LogP contribution in [0.2, 0.25) is 0 Å². The van der Waals surface area contributed by atoms with Crippen molar-refractivity contribution in [2.75, 3.05) is 31.9 Å². The van der Waals surface area contributed by atoms with E-state index < -0.39 is 6.04 Å². The minimum absolute atomic E-state index is 0.0623. The molecular formula is C20H29N3O2S. The van der Waals surface area contributed by atoms with Crippen LogP contribution in [0.25, 0.3) is 0 Å². The molecule has 1 saturated carbocycles. The third-order valence-corrected chi connectivity index (χ3v) is 5.68. The number of hydrogen-bond acceptors (Lipinski definition) is 4. The van der Waals surface area contributed by atoms with E-state index in [1.54, 1.807) is 4.90 Å². The maximum absolute atomic E-state index is 13.0. The van der Waals surface area contributed by atoms with E-state index in [0.29, 0.717) is 43.4 Å². The number of carbonyl (C=O) groups excluding carboxylic acids is 2. The van der Waals surface area contributed by atoms with Gasteiger partial charge in [-0.25, -0.2) is 0 Å². The molecule has 0 radical (unpaired) electrons. The van der Waals surface area contributed by atoms with Gasteiger partial charge >= 0.3 is 0 Å². The van der Waals surface area contributed by atoms with Crippen molar-refractivity contribution in [1.29, 1.82) is 0 Å². The van der Waals surface area contributed by atoms with Crippen molar-refractivity contribution < 1.29 is 9.59 Å². The lowest BCUT2D eigenvalue weighted by molar-refractivity contribution is -0.126. The summed E-state index contributed by atoms with van der Waals surface area (Å²) in [5.74, 6) is 1.04. The van der Waals surface area contributed by atoms with Gasteiger partial charge in [0, 0.05) is 37.5 Å². The van der Waals surface area contributed by atoms with Gasteiger partial charge < -0.3 is 15.5 Å². The number of nitrogens with one attached hydrogen (secondary N) is 2. The Morgan fingerprint density at radius 2 is 1.88 bits per heavy atom. The Morgan fingerprint density at radius 3 is 2.58 bits per heavy atom. The minimum atomic E-state index is -0.464. The molecule has 0 unspecified atom stereocenters. The van der Waals surface area contributed by atoms with Crippen LogP contribution in [0.1, 0.15) is 53.9 Å². The fraction of sp³-hybridized carbons (Fsp3) is 0.600. The molecule has 2 aliphatic rings. The first-order chi connectivity index (χ1) is 12.7. The summed E-state index contributed by atoms with van der Waals surface area (Å²) in [7, 11) is 0. The first-order valence-corrected chi connectivity index (χ1v) is 10.3. The van der Waals surface area contributed by atoms with Crippen LogP contribution in [0.15, 0.2) is 24.3 Å². The molecule has 6 heteroatoms.